The summed E-state index contributed by atoms with van der Waals surface area (Å²) in [5.74, 6) is 1.03. The lowest BCUT2D eigenvalue weighted by atomic mass is 9.93. The van der Waals surface area contributed by atoms with Gasteiger partial charge in [0.2, 0.25) is 0 Å². The van der Waals surface area contributed by atoms with Gasteiger partial charge in [0.25, 0.3) is 0 Å². The van der Waals surface area contributed by atoms with Gasteiger partial charge in [0.15, 0.2) is 0 Å². The van der Waals surface area contributed by atoms with Crippen molar-refractivity contribution in [2.45, 2.75) is 33.1 Å². The Morgan fingerprint density at radius 3 is 2.56 bits per heavy atom. The highest BCUT2D eigenvalue weighted by Gasteiger charge is 2.16. The normalized spacial score (nSPS) is 12.2. The number of benzene rings is 1. The van der Waals surface area contributed by atoms with Gasteiger partial charge in [-0.1, -0.05) is 6.92 Å². The second-order valence-corrected chi connectivity index (χ2v) is 4.07. The van der Waals surface area contributed by atoms with Crippen LogP contribution in [0.2, 0.25) is 0 Å². The standard InChI is InChI=1S/C13H18O3/c1-8(5-6-14)11-7-12(16-4)9(2)10(3)13(11)15/h6-8,15H,5H2,1-4H3. The van der Waals surface area contributed by atoms with Crippen LogP contribution in [-0.2, 0) is 4.79 Å². The predicted molar refractivity (Wildman–Crippen MR) is 63.2 cm³/mol. The van der Waals surface area contributed by atoms with Crippen LogP contribution in [0, 0.1) is 13.8 Å². The van der Waals surface area contributed by atoms with Crippen molar-refractivity contribution in [1.29, 1.82) is 0 Å². The number of hydrogen-bond donors (Lipinski definition) is 1. The topological polar surface area (TPSA) is 46.5 Å². The summed E-state index contributed by atoms with van der Waals surface area (Å²) in [5, 5.41) is 10.0. The molecular formula is C13H18O3. The van der Waals surface area contributed by atoms with E-state index in [2.05, 4.69) is 0 Å². The van der Waals surface area contributed by atoms with Crippen LogP contribution >= 0.6 is 0 Å². The molecule has 0 aliphatic heterocycles. The fourth-order valence-corrected chi connectivity index (χ4v) is 1.76. The smallest absolute Gasteiger partial charge is 0.122 e. The minimum Gasteiger partial charge on any atom is -0.507 e. The number of phenols is 1. The van der Waals surface area contributed by atoms with E-state index in [1.807, 2.05) is 26.8 Å². The number of phenolic OH excluding ortho intramolecular Hbond substituents is 1. The number of aldehydes is 1. The second kappa shape index (κ2) is 5.01. The minimum absolute atomic E-state index is 0.00528. The first kappa shape index (κ1) is 12.6. The molecule has 1 N–H and O–H groups in total. The van der Waals surface area contributed by atoms with E-state index in [1.54, 1.807) is 7.11 Å². The van der Waals surface area contributed by atoms with Gasteiger partial charge in [0, 0.05) is 12.0 Å². The first-order valence-corrected chi connectivity index (χ1v) is 5.33. The van der Waals surface area contributed by atoms with Crippen LogP contribution in [0.4, 0.5) is 0 Å². The van der Waals surface area contributed by atoms with Gasteiger partial charge in [-0.25, -0.2) is 0 Å². The summed E-state index contributed by atoms with van der Waals surface area (Å²) in [6, 6.07) is 1.81. The summed E-state index contributed by atoms with van der Waals surface area (Å²) >= 11 is 0. The zero-order chi connectivity index (χ0) is 12.3. The second-order valence-electron chi connectivity index (χ2n) is 4.07. The lowest BCUT2D eigenvalue weighted by molar-refractivity contribution is -0.108. The summed E-state index contributed by atoms with van der Waals surface area (Å²) in [5.41, 5.74) is 2.52. The Balaban J connectivity index is 3.29. The fraction of sp³-hybridized carbons (Fsp3) is 0.462. The molecule has 0 amide bonds. The number of methoxy groups -OCH3 is 1. The molecule has 1 aromatic carbocycles. The van der Waals surface area contributed by atoms with Gasteiger partial charge >= 0.3 is 0 Å². The van der Waals surface area contributed by atoms with Crippen LogP contribution in [0.1, 0.15) is 36.0 Å². The summed E-state index contributed by atoms with van der Waals surface area (Å²) in [7, 11) is 1.60. The largest absolute Gasteiger partial charge is 0.507 e. The zero-order valence-electron chi connectivity index (χ0n) is 10.2. The first-order chi connectivity index (χ1) is 7.52. The van der Waals surface area contributed by atoms with E-state index in [4.69, 9.17) is 4.74 Å². The molecule has 3 heteroatoms. The van der Waals surface area contributed by atoms with Crippen molar-refractivity contribution in [1.82, 2.24) is 0 Å². The van der Waals surface area contributed by atoms with Crippen molar-refractivity contribution in [2.75, 3.05) is 7.11 Å². The molecule has 0 saturated carbocycles. The van der Waals surface area contributed by atoms with Gasteiger partial charge in [-0.05, 0) is 37.0 Å². The molecule has 1 rings (SSSR count). The Morgan fingerprint density at radius 2 is 2.06 bits per heavy atom. The molecular weight excluding hydrogens is 204 g/mol. The molecule has 0 aromatic heterocycles. The molecule has 0 bridgehead atoms. The molecule has 1 atom stereocenters. The maximum absolute atomic E-state index is 10.5. The number of rotatable bonds is 4. The molecule has 0 radical (unpaired) electrons. The molecule has 3 nitrogen and oxygen atoms in total. The van der Waals surface area contributed by atoms with Crippen molar-refractivity contribution in [2.24, 2.45) is 0 Å². The van der Waals surface area contributed by atoms with Crippen LogP contribution in [0.25, 0.3) is 0 Å². The maximum atomic E-state index is 10.5. The summed E-state index contributed by atoms with van der Waals surface area (Å²) < 4.78 is 5.25. The van der Waals surface area contributed by atoms with Gasteiger partial charge in [-0.15, -0.1) is 0 Å². The SMILES string of the molecule is COc1cc(C(C)CC=O)c(O)c(C)c1C. The maximum Gasteiger partial charge on any atom is 0.122 e. The predicted octanol–water partition coefficient (Wildman–Crippen LogP) is 2.71. The highest BCUT2D eigenvalue weighted by Crippen LogP contribution is 2.37. The van der Waals surface area contributed by atoms with Crippen LogP contribution in [-0.4, -0.2) is 18.5 Å². The van der Waals surface area contributed by atoms with Crippen molar-refractivity contribution >= 4 is 6.29 Å². The van der Waals surface area contributed by atoms with E-state index in [1.165, 1.54) is 0 Å². The highest BCUT2D eigenvalue weighted by molar-refractivity contribution is 5.56. The van der Waals surface area contributed by atoms with Gasteiger partial charge in [0.1, 0.15) is 17.8 Å². The molecule has 0 aliphatic rings. The van der Waals surface area contributed by atoms with E-state index < -0.39 is 0 Å². The van der Waals surface area contributed by atoms with Crippen molar-refractivity contribution in [3.05, 3.63) is 22.8 Å². The molecule has 0 spiro atoms. The molecule has 0 saturated heterocycles. The van der Waals surface area contributed by atoms with Crippen LogP contribution in [0.3, 0.4) is 0 Å². The van der Waals surface area contributed by atoms with Crippen LogP contribution in [0.5, 0.6) is 11.5 Å². The average Bonchev–Trinajstić information content (AvgIpc) is 2.27. The van der Waals surface area contributed by atoms with Crippen LogP contribution < -0.4 is 4.74 Å². The lowest BCUT2D eigenvalue weighted by Gasteiger charge is -2.17. The van der Waals surface area contributed by atoms with Gasteiger partial charge in [0.05, 0.1) is 7.11 Å². The third-order valence-electron chi connectivity index (χ3n) is 3.05. The minimum atomic E-state index is 0.00528. The van der Waals surface area contributed by atoms with E-state index in [0.717, 1.165) is 28.7 Å². The van der Waals surface area contributed by atoms with E-state index in [-0.39, 0.29) is 11.7 Å². The first-order valence-electron chi connectivity index (χ1n) is 5.33. The number of ether oxygens (including phenoxy) is 1. The van der Waals surface area contributed by atoms with Crippen molar-refractivity contribution in [3.8, 4) is 11.5 Å². The molecule has 1 unspecified atom stereocenters. The van der Waals surface area contributed by atoms with E-state index >= 15 is 0 Å². The number of hydrogen-bond acceptors (Lipinski definition) is 3. The number of carbonyl (C=O) groups excluding carboxylic acids is 1. The Bertz CT molecular complexity index is 397. The van der Waals surface area contributed by atoms with Crippen molar-refractivity contribution < 1.29 is 14.6 Å². The number of carbonyl (C=O) groups is 1. The summed E-state index contributed by atoms with van der Waals surface area (Å²) in [6.07, 6.45) is 1.27. The molecule has 16 heavy (non-hydrogen) atoms. The fourth-order valence-electron chi connectivity index (χ4n) is 1.76. The molecule has 88 valence electrons. The quantitative estimate of drug-likeness (QED) is 0.797. The molecule has 1 aromatic rings. The third-order valence-corrected chi connectivity index (χ3v) is 3.05. The monoisotopic (exact) mass is 222 g/mol. The molecule has 0 aliphatic carbocycles. The number of aromatic hydroxyl groups is 1. The van der Waals surface area contributed by atoms with Crippen molar-refractivity contribution in [3.63, 3.8) is 0 Å². The average molecular weight is 222 g/mol. The molecule has 0 fully saturated rings. The summed E-state index contributed by atoms with van der Waals surface area (Å²) in [4.78, 5) is 10.5. The zero-order valence-corrected chi connectivity index (χ0v) is 10.2. The Hall–Kier alpha value is -1.51. The Morgan fingerprint density at radius 1 is 1.44 bits per heavy atom. The lowest BCUT2D eigenvalue weighted by Crippen LogP contribution is -2.00. The molecule has 0 heterocycles. The highest BCUT2D eigenvalue weighted by atomic mass is 16.5. The van der Waals surface area contributed by atoms with E-state index in [9.17, 15) is 9.90 Å². The van der Waals surface area contributed by atoms with Crippen LogP contribution in [0.15, 0.2) is 6.07 Å². The van der Waals surface area contributed by atoms with E-state index in [0.29, 0.717) is 6.42 Å². The van der Waals surface area contributed by atoms with Gasteiger partial charge in [-0.3, -0.25) is 0 Å². The van der Waals surface area contributed by atoms with Gasteiger partial charge < -0.3 is 14.6 Å². The third kappa shape index (κ3) is 2.18. The van der Waals surface area contributed by atoms with Gasteiger partial charge in [-0.2, -0.15) is 0 Å². The Labute approximate surface area is 96.1 Å². The Kier molecular flexibility index (Phi) is 3.93. The summed E-state index contributed by atoms with van der Waals surface area (Å²) in [6.45, 7) is 5.67.